The Kier molecular flexibility index (Phi) is 2.28. The van der Waals surface area contributed by atoms with Crippen LogP contribution in [-0.4, -0.2) is 19.1 Å². The number of carbonyl (C=O) groups excluding carboxylic acids is 1. The molecule has 0 aliphatic carbocycles. The minimum absolute atomic E-state index is 0.0209. The van der Waals surface area contributed by atoms with Crippen LogP contribution < -0.4 is 10.1 Å². The topological polar surface area (TPSA) is 38.3 Å². The summed E-state index contributed by atoms with van der Waals surface area (Å²) < 4.78 is 33.1. The van der Waals surface area contributed by atoms with Crippen molar-refractivity contribution in [2.45, 2.75) is 18.8 Å². The Labute approximate surface area is 96.8 Å². The van der Waals surface area contributed by atoms with Gasteiger partial charge in [-0.1, -0.05) is 0 Å². The normalized spacial score (nSPS) is 22.2. The number of amides is 1. The summed E-state index contributed by atoms with van der Waals surface area (Å²) in [5, 5.41) is 2.59. The molecule has 5 heteroatoms. The van der Waals surface area contributed by atoms with Crippen LogP contribution >= 0.6 is 0 Å². The quantitative estimate of drug-likeness (QED) is 0.806. The largest absolute Gasteiger partial charge is 0.493 e. The summed E-state index contributed by atoms with van der Waals surface area (Å²) in [6.07, 6.45) is 0.607. The number of rotatable bonds is 1. The zero-order valence-corrected chi connectivity index (χ0v) is 9.06. The molecule has 17 heavy (non-hydrogen) atoms. The van der Waals surface area contributed by atoms with Gasteiger partial charge < -0.3 is 10.1 Å². The van der Waals surface area contributed by atoms with Crippen LogP contribution in [0.1, 0.15) is 23.5 Å². The number of halogens is 2. The lowest BCUT2D eigenvalue weighted by Crippen LogP contribution is -2.14. The number of hydrogen-bond donors (Lipinski definition) is 1. The molecule has 0 aromatic heterocycles. The van der Waals surface area contributed by atoms with Crippen molar-refractivity contribution in [3.05, 3.63) is 28.8 Å². The maximum atomic E-state index is 14.2. The molecule has 1 aromatic rings. The monoisotopic (exact) mass is 239 g/mol. The van der Waals surface area contributed by atoms with E-state index in [2.05, 4.69) is 5.32 Å². The predicted octanol–water partition coefficient (Wildman–Crippen LogP) is 1.50. The Morgan fingerprint density at radius 3 is 2.94 bits per heavy atom. The second-order valence-corrected chi connectivity index (χ2v) is 4.37. The number of ether oxygens (including phenoxy) is 1. The fourth-order valence-electron chi connectivity index (χ4n) is 2.46. The molecule has 1 unspecified atom stereocenters. The van der Waals surface area contributed by atoms with Crippen molar-refractivity contribution in [3.63, 3.8) is 0 Å². The molecular weight excluding hydrogens is 228 g/mol. The maximum Gasteiger partial charge on any atom is 0.220 e. The summed E-state index contributed by atoms with van der Waals surface area (Å²) in [6, 6.07) is 1.23. The molecular formula is C12H11F2NO2. The van der Waals surface area contributed by atoms with Gasteiger partial charge in [0.15, 0.2) is 0 Å². The van der Waals surface area contributed by atoms with Crippen molar-refractivity contribution in [3.8, 4) is 5.75 Å². The molecule has 3 rings (SSSR count). The first-order valence-corrected chi connectivity index (χ1v) is 5.57. The van der Waals surface area contributed by atoms with E-state index in [4.69, 9.17) is 4.74 Å². The first kappa shape index (κ1) is 10.5. The third kappa shape index (κ3) is 1.57. The molecule has 2 aliphatic heterocycles. The van der Waals surface area contributed by atoms with E-state index in [0.29, 0.717) is 30.9 Å². The fourth-order valence-corrected chi connectivity index (χ4v) is 2.46. The Morgan fingerprint density at radius 2 is 2.24 bits per heavy atom. The van der Waals surface area contributed by atoms with Crippen LogP contribution in [0.5, 0.6) is 5.75 Å². The average molecular weight is 239 g/mol. The number of fused-ring (bicyclic) bond motifs is 1. The fraction of sp³-hybridized carbons (Fsp3) is 0.417. The van der Waals surface area contributed by atoms with E-state index < -0.39 is 17.6 Å². The van der Waals surface area contributed by atoms with Gasteiger partial charge in [-0.05, 0) is 0 Å². The second-order valence-electron chi connectivity index (χ2n) is 4.37. The van der Waals surface area contributed by atoms with Gasteiger partial charge >= 0.3 is 0 Å². The molecule has 1 amide bonds. The van der Waals surface area contributed by atoms with Gasteiger partial charge in [0.05, 0.1) is 6.61 Å². The van der Waals surface area contributed by atoms with Crippen LogP contribution in [0.3, 0.4) is 0 Å². The van der Waals surface area contributed by atoms with Gasteiger partial charge in [-0.2, -0.15) is 0 Å². The first-order chi connectivity index (χ1) is 8.16. The summed E-state index contributed by atoms with van der Waals surface area (Å²) in [7, 11) is 0. The summed E-state index contributed by atoms with van der Waals surface area (Å²) >= 11 is 0. The van der Waals surface area contributed by atoms with Gasteiger partial charge in [0.25, 0.3) is 0 Å². The van der Waals surface area contributed by atoms with Crippen LogP contribution in [0.4, 0.5) is 8.78 Å². The molecule has 1 saturated heterocycles. The molecule has 2 aliphatic rings. The van der Waals surface area contributed by atoms with E-state index in [1.807, 2.05) is 0 Å². The van der Waals surface area contributed by atoms with E-state index in [0.717, 1.165) is 0 Å². The van der Waals surface area contributed by atoms with Crippen molar-refractivity contribution in [1.29, 1.82) is 0 Å². The SMILES string of the molecule is O=C1CC(c2c(F)cc3c(c2F)CCO3)CN1. The van der Waals surface area contributed by atoms with Crippen LogP contribution in [0.15, 0.2) is 6.07 Å². The highest BCUT2D eigenvalue weighted by Gasteiger charge is 2.32. The molecule has 1 N–H and O–H groups in total. The number of hydrogen-bond acceptors (Lipinski definition) is 2. The van der Waals surface area contributed by atoms with E-state index in [-0.39, 0.29) is 17.9 Å². The number of carbonyl (C=O) groups is 1. The summed E-state index contributed by atoms with van der Waals surface area (Å²) in [5.74, 6) is -1.44. The lowest BCUT2D eigenvalue weighted by Gasteiger charge is -2.13. The molecule has 0 bridgehead atoms. The summed E-state index contributed by atoms with van der Waals surface area (Å²) in [6.45, 7) is 0.684. The summed E-state index contributed by atoms with van der Waals surface area (Å²) in [5.41, 5.74) is 0.452. The third-order valence-corrected chi connectivity index (χ3v) is 3.31. The molecule has 1 aromatic carbocycles. The zero-order valence-electron chi connectivity index (χ0n) is 9.06. The van der Waals surface area contributed by atoms with Crippen molar-refractivity contribution < 1.29 is 18.3 Å². The van der Waals surface area contributed by atoms with Gasteiger partial charge in [0, 0.05) is 42.5 Å². The van der Waals surface area contributed by atoms with Gasteiger partial charge in [0.1, 0.15) is 17.4 Å². The highest BCUT2D eigenvalue weighted by molar-refractivity contribution is 5.79. The molecule has 2 heterocycles. The number of nitrogens with one attached hydrogen (secondary N) is 1. The molecule has 0 radical (unpaired) electrons. The van der Waals surface area contributed by atoms with Crippen LogP contribution in [0.25, 0.3) is 0 Å². The standard InChI is InChI=1S/C12H11F2NO2/c13-8-4-9-7(1-2-17-9)12(14)11(8)6-3-10(16)15-5-6/h4,6H,1-3,5H2,(H,15,16). The highest BCUT2D eigenvalue weighted by Crippen LogP contribution is 2.36. The van der Waals surface area contributed by atoms with Gasteiger partial charge in [-0.25, -0.2) is 8.78 Å². The minimum atomic E-state index is -0.621. The van der Waals surface area contributed by atoms with Gasteiger partial charge in [-0.15, -0.1) is 0 Å². The van der Waals surface area contributed by atoms with Crippen molar-refractivity contribution in [1.82, 2.24) is 5.32 Å². The highest BCUT2D eigenvalue weighted by atomic mass is 19.1. The minimum Gasteiger partial charge on any atom is -0.493 e. The zero-order chi connectivity index (χ0) is 12.0. The Hall–Kier alpha value is -1.65. The van der Waals surface area contributed by atoms with Crippen LogP contribution in [-0.2, 0) is 11.2 Å². The van der Waals surface area contributed by atoms with Crippen LogP contribution in [0, 0.1) is 11.6 Å². The van der Waals surface area contributed by atoms with Gasteiger partial charge in [0.2, 0.25) is 5.91 Å². The second kappa shape index (κ2) is 3.68. The molecule has 0 saturated carbocycles. The average Bonchev–Trinajstić information content (AvgIpc) is 2.87. The van der Waals surface area contributed by atoms with E-state index >= 15 is 0 Å². The van der Waals surface area contributed by atoms with Crippen molar-refractivity contribution >= 4 is 5.91 Å². The lowest BCUT2D eigenvalue weighted by atomic mass is 9.94. The molecule has 3 nitrogen and oxygen atoms in total. The molecule has 1 atom stereocenters. The summed E-state index contributed by atoms with van der Waals surface area (Å²) in [4.78, 5) is 11.1. The smallest absolute Gasteiger partial charge is 0.220 e. The van der Waals surface area contributed by atoms with Crippen LogP contribution in [0.2, 0.25) is 0 Å². The third-order valence-electron chi connectivity index (χ3n) is 3.31. The van der Waals surface area contributed by atoms with E-state index in [9.17, 15) is 13.6 Å². The number of benzene rings is 1. The molecule has 90 valence electrons. The Morgan fingerprint density at radius 1 is 1.41 bits per heavy atom. The van der Waals surface area contributed by atoms with Crippen molar-refractivity contribution in [2.24, 2.45) is 0 Å². The molecule has 1 fully saturated rings. The van der Waals surface area contributed by atoms with Gasteiger partial charge in [-0.3, -0.25) is 4.79 Å². The Bertz CT molecular complexity index is 502. The van der Waals surface area contributed by atoms with E-state index in [1.54, 1.807) is 0 Å². The van der Waals surface area contributed by atoms with Crippen molar-refractivity contribution in [2.75, 3.05) is 13.2 Å². The predicted molar refractivity (Wildman–Crippen MR) is 55.9 cm³/mol. The first-order valence-electron chi connectivity index (χ1n) is 5.57. The maximum absolute atomic E-state index is 14.2. The lowest BCUT2D eigenvalue weighted by molar-refractivity contribution is -0.119. The van der Waals surface area contributed by atoms with E-state index in [1.165, 1.54) is 6.07 Å². The Balaban J connectivity index is 2.07. The molecule has 0 spiro atoms.